The number of benzene rings is 1. The molecule has 0 aliphatic heterocycles. The van der Waals surface area contributed by atoms with E-state index in [0.29, 0.717) is 6.42 Å². The highest BCUT2D eigenvalue weighted by molar-refractivity contribution is 7.09. The van der Waals surface area contributed by atoms with Crippen molar-refractivity contribution in [3.8, 4) is 0 Å². The first-order valence-electron chi connectivity index (χ1n) is 5.06. The van der Waals surface area contributed by atoms with E-state index in [0.717, 1.165) is 16.0 Å². The number of nitrogens with two attached hydrogens (primary N) is 1. The molecule has 0 aliphatic carbocycles. The Kier molecular flexibility index (Phi) is 3.31. The van der Waals surface area contributed by atoms with Crippen LogP contribution in [0.3, 0.4) is 0 Å². The monoisotopic (exact) mass is 236 g/mol. The summed E-state index contributed by atoms with van der Waals surface area (Å²) in [5.74, 6) is -0.211. The van der Waals surface area contributed by atoms with Gasteiger partial charge in [-0.2, -0.15) is 0 Å². The van der Waals surface area contributed by atoms with Crippen molar-refractivity contribution in [3.05, 3.63) is 51.7 Å². The van der Waals surface area contributed by atoms with Gasteiger partial charge in [-0.3, -0.25) is 4.98 Å². The Labute approximate surface area is 97.9 Å². The Hall–Kier alpha value is -1.26. The molecule has 0 fully saturated rings. The summed E-state index contributed by atoms with van der Waals surface area (Å²) in [6, 6.07) is 4.70. The van der Waals surface area contributed by atoms with Crippen LogP contribution in [0, 0.1) is 12.7 Å². The Morgan fingerprint density at radius 3 is 3.00 bits per heavy atom. The van der Waals surface area contributed by atoms with Gasteiger partial charge < -0.3 is 5.73 Å². The lowest BCUT2D eigenvalue weighted by Gasteiger charge is -2.11. The first-order valence-corrected chi connectivity index (χ1v) is 5.94. The smallest absolute Gasteiger partial charge is 0.123 e. The van der Waals surface area contributed by atoms with Gasteiger partial charge in [-0.05, 0) is 36.6 Å². The molecule has 84 valence electrons. The van der Waals surface area contributed by atoms with Crippen molar-refractivity contribution >= 4 is 11.3 Å². The van der Waals surface area contributed by atoms with Crippen LogP contribution in [-0.4, -0.2) is 4.98 Å². The van der Waals surface area contributed by atoms with Gasteiger partial charge in [0.25, 0.3) is 0 Å². The van der Waals surface area contributed by atoms with Crippen LogP contribution >= 0.6 is 11.3 Å². The molecule has 0 saturated heterocycles. The fourth-order valence-electron chi connectivity index (χ4n) is 1.61. The SMILES string of the molecule is Cc1ccc(F)cc1CC(N)c1cncs1. The molecule has 1 aromatic carbocycles. The number of hydrogen-bond acceptors (Lipinski definition) is 3. The standard InChI is InChI=1S/C12H13FN2S/c1-8-2-3-10(13)4-9(8)5-11(14)12-6-15-7-16-12/h2-4,6-7,11H,5,14H2,1H3. The van der Waals surface area contributed by atoms with Gasteiger partial charge in [-0.25, -0.2) is 4.39 Å². The first-order chi connectivity index (χ1) is 7.66. The molecule has 2 N–H and O–H groups in total. The van der Waals surface area contributed by atoms with Crippen molar-refractivity contribution in [2.24, 2.45) is 5.73 Å². The van der Waals surface area contributed by atoms with Crippen LogP contribution in [0.2, 0.25) is 0 Å². The Morgan fingerprint density at radius 2 is 2.31 bits per heavy atom. The quantitative estimate of drug-likeness (QED) is 0.890. The lowest BCUT2D eigenvalue weighted by atomic mass is 10.0. The van der Waals surface area contributed by atoms with E-state index in [1.807, 2.05) is 6.92 Å². The Morgan fingerprint density at radius 1 is 1.50 bits per heavy atom. The van der Waals surface area contributed by atoms with Crippen molar-refractivity contribution in [3.63, 3.8) is 0 Å². The van der Waals surface area contributed by atoms with Crippen LogP contribution in [-0.2, 0) is 6.42 Å². The van der Waals surface area contributed by atoms with Gasteiger partial charge in [0, 0.05) is 17.1 Å². The predicted molar refractivity (Wildman–Crippen MR) is 63.9 cm³/mol. The molecule has 0 radical (unpaired) electrons. The van der Waals surface area contributed by atoms with E-state index >= 15 is 0 Å². The summed E-state index contributed by atoms with van der Waals surface area (Å²) >= 11 is 1.53. The maximum atomic E-state index is 13.1. The molecule has 1 heterocycles. The molecule has 1 unspecified atom stereocenters. The van der Waals surface area contributed by atoms with E-state index in [1.54, 1.807) is 23.8 Å². The number of halogens is 1. The predicted octanol–water partition coefficient (Wildman–Crippen LogP) is 2.83. The van der Waals surface area contributed by atoms with Crippen LogP contribution in [0.5, 0.6) is 0 Å². The molecule has 4 heteroatoms. The van der Waals surface area contributed by atoms with Crippen molar-refractivity contribution in [2.75, 3.05) is 0 Å². The van der Waals surface area contributed by atoms with Gasteiger partial charge in [0.05, 0.1) is 5.51 Å². The number of rotatable bonds is 3. The molecule has 0 saturated carbocycles. The van der Waals surface area contributed by atoms with Gasteiger partial charge >= 0.3 is 0 Å². The fourth-order valence-corrected chi connectivity index (χ4v) is 2.23. The van der Waals surface area contributed by atoms with Crippen molar-refractivity contribution in [1.82, 2.24) is 4.98 Å². The molecule has 1 aromatic heterocycles. The highest BCUT2D eigenvalue weighted by Gasteiger charge is 2.10. The summed E-state index contributed by atoms with van der Waals surface area (Å²) in [4.78, 5) is 5.02. The Balaban J connectivity index is 2.17. The second-order valence-electron chi connectivity index (χ2n) is 3.79. The minimum atomic E-state index is -0.211. The molecule has 0 amide bonds. The number of hydrogen-bond donors (Lipinski definition) is 1. The molecule has 16 heavy (non-hydrogen) atoms. The largest absolute Gasteiger partial charge is 0.323 e. The first kappa shape index (κ1) is 11.2. The van der Waals surface area contributed by atoms with Gasteiger partial charge in [-0.1, -0.05) is 6.07 Å². The van der Waals surface area contributed by atoms with Crippen LogP contribution in [0.1, 0.15) is 22.0 Å². The molecule has 2 nitrogen and oxygen atoms in total. The van der Waals surface area contributed by atoms with Gasteiger partial charge in [-0.15, -0.1) is 11.3 Å². The van der Waals surface area contributed by atoms with Crippen molar-refractivity contribution in [1.29, 1.82) is 0 Å². The molecule has 2 aromatic rings. The molecular formula is C12H13FN2S. The third-order valence-corrected chi connectivity index (χ3v) is 3.48. The summed E-state index contributed by atoms with van der Waals surface area (Å²) in [7, 11) is 0. The molecule has 2 rings (SSSR count). The van der Waals surface area contributed by atoms with E-state index in [9.17, 15) is 4.39 Å². The van der Waals surface area contributed by atoms with Crippen LogP contribution in [0.4, 0.5) is 4.39 Å². The maximum absolute atomic E-state index is 13.1. The van der Waals surface area contributed by atoms with Crippen LogP contribution < -0.4 is 5.73 Å². The third kappa shape index (κ3) is 2.46. The summed E-state index contributed by atoms with van der Waals surface area (Å²) in [6.07, 6.45) is 2.41. The summed E-state index contributed by atoms with van der Waals surface area (Å²) in [5, 5.41) is 0. The van der Waals surface area contributed by atoms with Crippen LogP contribution in [0.15, 0.2) is 29.9 Å². The molecule has 1 atom stereocenters. The minimum absolute atomic E-state index is 0.104. The van der Waals surface area contributed by atoms with Gasteiger partial charge in [0.1, 0.15) is 5.82 Å². The van der Waals surface area contributed by atoms with Crippen molar-refractivity contribution in [2.45, 2.75) is 19.4 Å². The lowest BCUT2D eigenvalue weighted by molar-refractivity contribution is 0.621. The number of aryl methyl sites for hydroxylation is 1. The maximum Gasteiger partial charge on any atom is 0.123 e. The molecular weight excluding hydrogens is 223 g/mol. The lowest BCUT2D eigenvalue weighted by Crippen LogP contribution is -2.12. The van der Waals surface area contributed by atoms with Crippen LogP contribution in [0.25, 0.3) is 0 Å². The zero-order chi connectivity index (χ0) is 11.5. The average Bonchev–Trinajstić information content (AvgIpc) is 2.76. The summed E-state index contributed by atoms with van der Waals surface area (Å²) in [5.41, 5.74) is 9.83. The summed E-state index contributed by atoms with van der Waals surface area (Å²) < 4.78 is 13.1. The molecule has 0 aliphatic rings. The zero-order valence-corrected chi connectivity index (χ0v) is 9.80. The second kappa shape index (κ2) is 4.72. The number of aromatic nitrogens is 1. The number of thiazole rings is 1. The molecule has 0 spiro atoms. The molecule has 0 bridgehead atoms. The highest BCUT2D eigenvalue weighted by atomic mass is 32.1. The average molecular weight is 236 g/mol. The number of nitrogens with zero attached hydrogens (tertiary/aromatic N) is 1. The van der Waals surface area contributed by atoms with E-state index < -0.39 is 0 Å². The highest BCUT2D eigenvalue weighted by Crippen LogP contribution is 2.21. The van der Waals surface area contributed by atoms with E-state index in [2.05, 4.69) is 4.98 Å². The van der Waals surface area contributed by atoms with Gasteiger partial charge in [0.15, 0.2) is 0 Å². The second-order valence-corrected chi connectivity index (χ2v) is 4.70. The minimum Gasteiger partial charge on any atom is -0.323 e. The fraction of sp³-hybridized carbons (Fsp3) is 0.250. The third-order valence-electron chi connectivity index (χ3n) is 2.57. The Bertz CT molecular complexity index is 468. The van der Waals surface area contributed by atoms with Gasteiger partial charge in [0.2, 0.25) is 0 Å². The van der Waals surface area contributed by atoms with E-state index in [-0.39, 0.29) is 11.9 Å². The van der Waals surface area contributed by atoms with E-state index in [4.69, 9.17) is 5.73 Å². The van der Waals surface area contributed by atoms with E-state index in [1.165, 1.54) is 17.4 Å². The normalized spacial score (nSPS) is 12.7. The van der Waals surface area contributed by atoms with Crippen molar-refractivity contribution < 1.29 is 4.39 Å². The topological polar surface area (TPSA) is 38.9 Å². The summed E-state index contributed by atoms with van der Waals surface area (Å²) in [6.45, 7) is 1.97. The zero-order valence-electron chi connectivity index (χ0n) is 8.98.